The van der Waals surface area contributed by atoms with E-state index in [0.29, 0.717) is 0 Å². The molecule has 0 aliphatic carbocycles. The lowest BCUT2D eigenvalue weighted by Crippen LogP contribution is -2.20. The maximum absolute atomic E-state index is 5.67. The summed E-state index contributed by atoms with van der Waals surface area (Å²) in [6, 6.07) is 2.81. The van der Waals surface area contributed by atoms with Crippen LogP contribution < -0.4 is 0 Å². The molecule has 0 heterocycles. The minimum atomic E-state index is -0.829. The van der Waals surface area contributed by atoms with Crippen LogP contribution in [0.2, 0.25) is 51.4 Å². The van der Waals surface area contributed by atoms with Crippen LogP contribution in [0.15, 0.2) is 0 Å². The van der Waals surface area contributed by atoms with Gasteiger partial charge in [-0.1, -0.05) is 51.4 Å². The van der Waals surface area contributed by atoms with Gasteiger partial charge in [-0.05, 0) is 12.8 Å². The van der Waals surface area contributed by atoms with Crippen LogP contribution in [0.25, 0.3) is 0 Å². The molecule has 0 aromatic heterocycles. The van der Waals surface area contributed by atoms with Gasteiger partial charge in [0.15, 0.2) is 0 Å². The highest BCUT2D eigenvalue weighted by atomic mass is 28.3. The Balaban J connectivity index is 3.20. The summed E-state index contributed by atoms with van der Waals surface area (Å²) in [5, 5.41) is 0. The summed E-state index contributed by atoms with van der Waals surface area (Å²) in [5.41, 5.74) is 0. The largest absolute Gasteiger partial charge is 0.381 e. The van der Waals surface area contributed by atoms with Crippen molar-refractivity contribution in [3.05, 3.63) is 0 Å². The minimum absolute atomic E-state index is 0.829. The molecule has 0 atom stereocenters. The van der Waals surface area contributed by atoms with E-state index in [4.69, 9.17) is 4.74 Å². The first-order valence-electron chi connectivity index (χ1n) is 6.28. The van der Waals surface area contributed by atoms with E-state index >= 15 is 0 Å². The van der Waals surface area contributed by atoms with Crippen LogP contribution in [0.1, 0.15) is 12.8 Å². The normalized spacial score (nSPS) is 13.2. The Kier molecular flexibility index (Phi) is 7.05. The number of rotatable bonds is 8. The summed E-state index contributed by atoms with van der Waals surface area (Å²) in [4.78, 5) is 0. The molecule has 0 amide bonds. The van der Waals surface area contributed by atoms with E-state index in [2.05, 4.69) is 39.3 Å². The van der Waals surface area contributed by atoms with Crippen molar-refractivity contribution in [2.45, 2.75) is 64.2 Å². The third kappa shape index (κ3) is 14.4. The van der Waals surface area contributed by atoms with Crippen molar-refractivity contribution < 1.29 is 4.74 Å². The van der Waals surface area contributed by atoms with Gasteiger partial charge in [0.25, 0.3) is 0 Å². The van der Waals surface area contributed by atoms with Crippen LogP contribution in [0.4, 0.5) is 0 Å². The van der Waals surface area contributed by atoms with Gasteiger partial charge in [-0.3, -0.25) is 0 Å². The number of hydrogen-bond donors (Lipinski definition) is 0. The van der Waals surface area contributed by atoms with Crippen molar-refractivity contribution in [2.75, 3.05) is 13.2 Å². The molecule has 0 unspecified atom stereocenters. The zero-order valence-corrected chi connectivity index (χ0v) is 13.7. The second-order valence-electron chi connectivity index (χ2n) is 6.94. The van der Waals surface area contributed by atoms with Crippen LogP contribution in [-0.4, -0.2) is 29.4 Å². The molecular weight excluding hydrogens is 216 g/mol. The molecule has 0 aromatic carbocycles. The lowest BCUT2D eigenvalue weighted by atomic mass is 10.5. The van der Waals surface area contributed by atoms with Gasteiger partial charge in [-0.2, -0.15) is 0 Å². The molecule has 0 fully saturated rings. The molecule has 0 N–H and O–H groups in total. The van der Waals surface area contributed by atoms with Crippen LogP contribution in [0.3, 0.4) is 0 Å². The van der Waals surface area contributed by atoms with Gasteiger partial charge in [0.05, 0.1) is 0 Å². The predicted octanol–water partition coefficient (Wildman–Crippen LogP) is 4.46. The zero-order valence-electron chi connectivity index (χ0n) is 11.7. The maximum atomic E-state index is 5.67. The van der Waals surface area contributed by atoms with Crippen LogP contribution in [0, 0.1) is 0 Å². The van der Waals surface area contributed by atoms with Gasteiger partial charge in [-0.25, -0.2) is 0 Å². The zero-order chi connectivity index (χ0) is 11.9. The SMILES string of the molecule is C[Si](C)(C)CCCOCCC[Si](C)(C)C. The molecule has 92 valence electrons. The van der Waals surface area contributed by atoms with Gasteiger partial charge in [0.2, 0.25) is 0 Å². The smallest absolute Gasteiger partial charge is 0.0463 e. The number of ether oxygens (including phenoxy) is 1. The molecule has 0 rings (SSSR count). The molecule has 0 aliphatic heterocycles. The standard InChI is InChI=1S/C12H30OSi2/c1-14(2,3)11-7-9-13-10-8-12-15(4,5)6/h7-12H2,1-6H3. The summed E-state index contributed by atoms with van der Waals surface area (Å²) in [6.45, 7) is 16.5. The van der Waals surface area contributed by atoms with Crippen LogP contribution in [0.5, 0.6) is 0 Å². The van der Waals surface area contributed by atoms with E-state index in [1.54, 1.807) is 0 Å². The first kappa shape index (κ1) is 15.4. The number of hydrogen-bond acceptors (Lipinski definition) is 1. The molecule has 0 aromatic rings. The Labute approximate surface area is 98.6 Å². The molecule has 0 saturated heterocycles. The molecule has 0 aliphatic rings. The van der Waals surface area contributed by atoms with E-state index in [0.717, 1.165) is 13.2 Å². The van der Waals surface area contributed by atoms with Gasteiger partial charge in [0, 0.05) is 29.4 Å². The van der Waals surface area contributed by atoms with E-state index < -0.39 is 16.1 Å². The van der Waals surface area contributed by atoms with Crippen molar-refractivity contribution >= 4 is 16.1 Å². The highest BCUT2D eigenvalue weighted by Crippen LogP contribution is 2.12. The summed E-state index contributed by atoms with van der Waals surface area (Å²) in [7, 11) is -1.66. The third-order valence-corrected chi connectivity index (χ3v) is 6.14. The third-order valence-electron chi connectivity index (χ3n) is 2.43. The second kappa shape index (κ2) is 6.87. The average molecular weight is 247 g/mol. The summed E-state index contributed by atoms with van der Waals surface area (Å²) < 4.78 is 5.67. The second-order valence-corrected chi connectivity index (χ2v) is 18.2. The topological polar surface area (TPSA) is 9.23 Å². The van der Waals surface area contributed by atoms with Crippen molar-refractivity contribution in [1.29, 1.82) is 0 Å². The molecule has 3 heteroatoms. The summed E-state index contributed by atoms with van der Waals surface area (Å²) >= 11 is 0. The molecule has 0 radical (unpaired) electrons. The fourth-order valence-electron chi connectivity index (χ4n) is 1.51. The maximum Gasteiger partial charge on any atom is 0.0463 e. The first-order chi connectivity index (χ1) is 6.71. The Morgan fingerprint density at radius 2 is 1.00 bits per heavy atom. The van der Waals surface area contributed by atoms with Gasteiger partial charge in [-0.15, -0.1) is 0 Å². The monoisotopic (exact) mass is 246 g/mol. The lowest BCUT2D eigenvalue weighted by Gasteiger charge is -2.16. The van der Waals surface area contributed by atoms with Crippen molar-refractivity contribution in [1.82, 2.24) is 0 Å². The molecule has 0 bridgehead atoms. The quantitative estimate of drug-likeness (QED) is 0.454. The molecular formula is C12H30OSi2. The Bertz CT molecular complexity index is 138. The van der Waals surface area contributed by atoms with E-state index in [1.807, 2.05) is 0 Å². The van der Waals surface area contributed by atoms with Gasteiger partial charge >= 0.3 is 0 Å². The van der Waals surface area contributed by atoms with Gasteiger partial charge in [0.1, 0.15) is 0 Å². The minimum Gasteiger partial charge on any atom is -0.381 e. The fraction of sp³-hybridized carbons (Fsp3) is 1.00. The predicted molar refractivity (Wildman–Crippen MR) is 76.4 cm³/mol. The van der Waals surface area contributed by atoms with Crippen LogP contribution in [-0.2, 0) is 4.74 Å². The highest BCUT2D eigenvalue weighted by Gasteiger charge is 2.13. The van der Waals surface area contributed by atoms with Gasteiger partial charge < -0.3 is 4.74 Å². The summed E-state index contributed by atoms with van der Waals surface area (Å²) in [6.07, 6.45) is 2.53. The average Bonchev–Trinajstić information content (AvgIpc) is 1.98. The molecule has 0 spiro atoms. The molecule has 15 heavy (non-hydrogen) atoms. The fourth-order valence-corrected chi connectivity index (χ4v) is 3.92. The van der Waals surface area contributed by atoms with E-state index in [1.165, 1.54) is 24.9 Å². The van der Waals surface area contributed by atoms with Crippen molar-refractivity contribution in [3.63, 3.8) is 0 Å². The van der Waals surface area contributed by atoms with Crippen molar-refractivity contribution in [3.8, 4) is 0 Å². The summed E-state index contributed by atoms with van der Waals surface area (Å²) in [5.74, 6) is 0. The van der Waals surface area contributed by atoms with E-state index in [9.17, 15) is 0 Å². The lowest BCUT2D eigenvalue weighted by molar-refractivity contribution is 0.135. The Morgan fingerprint density at radius 3 is 1.27 bits per heavy atom. The molecule has 0 saturated carbocycles. The van der Waals surface area contributed by atoms with E-state index in [-0.39, 0.29) is 0 Å². The Hall–Kier alpha value is 0.394. The Morgan fingerprint density at radius 1 is 0.667 bits per heavy atom. The first-order valence-corrected chi connectivity index (χ1v) is 13.7. The molecule has 1 nitrogen and oxygen atoms in total. The van der Waals surface area contributed by atoms with Crippen molar-refractivity contribution in [2.24, 2.45) is 0 Å². The highest BCUT2D eigenvalue weighted by molar-refractivity contribution is 6.76. The van der Waals surface area contributed by atoms with Crippen LogP contribution >= 0.6 is 0 Å².